The van der Waals surface area contributed by atoms with Gasteiger partial charge in [0.15, 0.2) is 17.5 Å². The number of rotatable bonds is 5. The van der Waals surface area contributed by atoms with Crippen LogP contribution in [0.4, 0.5) is 13.2 Å². The Hall–Kier alpha value is -3.04. The normalized spacial score (nSPS) is 11.0. The van der Waals surface area contributed by atoms with Crippen molar-refractivity contribution in [3.63, 3.8) is 0 Å². The molecule has 0 aliphatic heterocycles. The predicted molar refractivity (Wildman–Crippen MR) is 117 cm³/mol. The molecule has 3 rings (SSSR count). The molecule has 6 heteroatoms. The van der Waals surface area contributed by atoms with Gasteiger partial charge >= 0.3 is 0 Å². The van der Waals surface area contributed by atoms with E-state index in [4.69, 9.17) is 4.98 Å². The van der Waals surface area contributed by atoms with Gasteiger partial charge in [-0.1, -0.05) is 11.8 Å². The van der Waals surface area contributed by atoms with Gasteiger partial charge in [0, 0.05) is 17.1 Å². The maximum absolute atomic E-state index is 14.4. The van der Waals surface area contributed by atoms with Crippen molar-refractivity contribution in [3.8, 4) is 17.7 Å². The van der Waals surface area contributed by atoms with Crippen molar-refractivity contribution in [2.45, 2.75) is 33.6 Å². The van der Waals surface area contributed by atoms with Crippen LogP contribution in [0.3, 0.4) is 0 Å². The van der Waals surface area contributed by atoms with Crippen LogP contribution in [-0.4, -0.2) is 35.1 Å². The van der Waals surface area contributed by atoms with Gasteiger partial charge in [0.05, 0.1) is 12.1 Å². The minimum Gasteiger partial charge on any atom is -0.303 e. The van der Waals surface area contributed by atoms with Crippen molar-refractivity contribution in [2.24, 2.45) is 0 Å². The van der Waals surface area contributed by atoms with Crippen molar-refractivity contribution < 1.29 is 13.2 Å². The first-order chi connectivity index (χ1) is 14.7. The average Bonchev–Trinajstić information content (AvgIpc) is 3.04. The molecule has 31 heavy (non-hydrogen) atoms. The highest BCUT2D eigenvalue weighted by atomic mass is 19.2. The molecule has 0 unspecified atom stereocenters. The number of aryl methyl sites for hydroxylation is 5. The Balaban J connectivity index is 1.89. The Labute approximate surface area is 181 Å². The largest absolute Gasteiger partial charge is 0.303 e. The zero-order chi connectivity index (χ0) is 22.7. The predicted octanol–water partition coefficient (Wildman–Crippen LogP) is 4.91. The number of halogens is 3. The number of benzene rings is 1. The van der Waals surface area contributed by atoms with E-state index in [-0.39, 0.29) is 17.5 Å². The summed E-state index contributed by atoms with van der Waals surface area (Å²) in [6.45, 7) is 6.37. The summed E-state index contributed by atoms with van der Waals surface area (Å²) in [5, 5.41) is 0. The van der Waals surface area contributed by atoms with Crippen LogP contribution in [0.15, 0.2) is 30.3 Å². The molecular weight excluding hydrogens is 399 g/mol. The standard InChI is InChI=1S/C25H26F3N3/c1-16-13-21(29-22(14-16)31-17(2)8-9-18(31)3)11-10-20-15-19(7-6-12-30(4)5)23(26)25(28)24(20)27/h8-9,13-15H,10-12H2,1-5H3. The van der Waals surface area contributed by atoms with Crippen LogP contribution in [0, 0.1) is 50.1 Å². The maximum atomic E-state index is 14.4. The van der Waals surface area contributed by atoms with Gasteiger partial charge in [-0.25, -0.2) is 18.2 Å². The lowest BCUT2D eigenvalue weighted by molar-refractivity contribution is 0.439. The van der Waals surface area contributed by atoms with Crippen LogP contribution in [0.5, 0.6) is 0 Å². The van der Waals surface area contributed by atoms with Gasteiger partial charge in [-0.3, -0.25) is 4.90 Å². The van der Waals surface area contributed by atoms with E-state index in [0.29, 0.717) is 13.0 Å². The fraction of sp³-hybridized carbons (Fsp3) is 0.320. The molecule has 1 aromatic carbocycles. The van der Waals surface area contributed by atoms with E-state index in [2.05, 4.69) is 11.8 Å². The molecule has 0 fully saturated rings. The molecular formula is C25H26F3N3. The third kappa shape index (κ3) is 5.18. The molecule has 0 saturated carbocycles. The van der Waals surface area contributed by atoms with Crippen molar-refractivity contribution in [1.29, 1.82) is 0 Å². The number of nitrogens with zero attached hydrogens (tertiary/aromatic N) is 3. The van der Waals surface area contributed by atoms with Crippen molar-refractivity contribution in [2.75, 3.05) is 20.6 Å². The molecule has 0 saturated heterocycles. The molecule has 162 valence electrons. The van der Waals surface area contributed by atoms with Gasteiger partial charge < -0.3 is 4.57 Å². The summed E-state index contributed by atoms with van der Waals surface area (Å²) in [7, 11) is 3.64. The Morgan fingerprint density at radius 1 is 0.903 bits per heavy atom. The molecule has 0 aliphatic carbocycles. The quantitative estimate of drug-likeness (QED) is 0.428. The molecule has 3 nitrogen and oxygen atoms in total. The van der Waals surface area contributed by atoms with Gasteiger partial charge in [0.25, 0.3) is 0 Å². The van der Waals surface area contributed by atoms with Crippen molar-refractivity contribution in [3.05, 3.63) is 81.6 Å². The molecule has 2 aromatic heterocycles. The van der Waals surface area contributed by atoms with Gasteiger partial charge in [-0.05, 0) is 89.2 Å². The lowest BCUT2D eigenvalue weighted by atomic mass is 10.0. The molecule has 0 spiro atoms. The molecule has 2 heterocycles. The Morgan fingerprint density at radius 3 is 2.23 bits per heavy atom. The van der Waals surface area contributed by atoms with E-state index >= 15 is 0 Å². The van der Waals surface area contributed by atoms with E-state index in [9.17, 15) is 13.2 Å². The van der Waals surface area contributed by atoms with Gasteiger partial charge in [-0.15, -0.1) is 0 Å². The summed E-state index contributed by atoms with van der Waals surface area (Å²) in [6.07, 6.45) is 0.575. The monoisotopic (exact) mass is 425 g/mol. The first-order valence-electron chi connectivity index (χ1n) is 10.1. The zero-order valence-electron chi connectivity index (χ0n) is 18.5. The maximum Gasteiger partial charge on any atom is 0.195 e. The fourth-order valence-corrected chi connectivity index (χ4v) is 3.48. The minimum atomic E-state index is -1.48. The summed E-state index contributed by atoms with van der Waals surface area (Å²) in [5.74, 6) is 2.26. The van der Waals surface area contributed by atoms with Crippen LogP contribution in [0.1, 0.15) is 33.8 Å². The lowest BCUT2D eigenvalue weighted by Crippen LogP contribution is -2.11. The third-order valence-electron chi connectivity index (χ3n) is 5.00. The smallest absolute Gasteiger partial charge is 0.195 e. The highest BCUT2D eigenvalue weighted by Crippen LogP contribution is 2.22. The molecule has 0 radical (unpaired) electrons. The second kappa shape index (κ2) is 9.40. The van der Waals surface area contributed by atoms with Gasteiger partial charge in [0.1, 0.15) is 5.82 Å². The van der Waals surface area contributed by atoms with Crippen LogP contribution >= 0.6 is 0 Å². The topological polar surface area (TPSA) is 21.1 Å². The molecule has 0 aliphatic rings. The summed E-state index contributed by atoms with van der Waals surface area (Å²) in [6, 6.07) is 9.25. The van der Waals surface area contributed by atoms with Gasteiger partial charge in [0.2, 0.25) is 0 Å². The second-order valence-corrected chi connectivity index (χ2v) is 8.01. The molecule has 0 atom stereocenters. The van der Waals surface area contributed by atoms with Crippen molar-refractivity contribution in [1.82, 2.24) is 14.5 Å². The Bertz CT molecular complexity index is 1150. The fourth-order valence-electron chi connectivity index (χ4n) is 3.48. The van der Waals surface area contributed by atoms with Crippen molar-refractivity contribution >= 4 is 0 Å². The first-order valence-corrected chi connectivity index (χ1v) is 10.1. The number of pyridine rings is 1. The van der Waals surface area contributed by atoms with E-state index in [1.807, 2.05) is 63.7 Å². The minimum absolute atomic E-state index is 0.0891. The summed E-state index contributed by atoms with van der Waals surface area (Å²) in [5.41, 5.74) is 3.86. The van der Waals surface area contributed by atoms with Crippen LogP contribution in [0.25, 0.3) is 5.82 Å². The molecule has 0 amide bonds. The molecule has 0 bridgehead atoms. The summed E-state index contributed by atoms with van der Waals surface area (Å²) in [4.78, 5) is 6.52. The third-order valence-corrected chi connectivity index (χ3v) is 5.00. The number of hydrogen-bond acceptors (Lipinski definition) is 2. The Morgan fingerprint density at radius 2 is 1.58 bits per heavy atom. The van der Waals surface area contributed by atoms with E-state index in [1.54, 1.807) is 4.90 Å². The van der Waals surface area contributed by atoms with E-state index < -0.39 is 17.5 Å². The second-order valence-electron chi connectivity index (χ2n) is 8.01. The highest BCUT2D eigenvalue weighted by Gasteiger charge is 2.18. The summed E-state index contributed by atoms with van der Waals surface area (Å²) < 4.78 is 44.7. The van der Waals surface area contributed by atoms with Crippen LogP contribution < -0.4 is 0 Å². The Kier molecular flexibility index (Phi) is 6.87. The van der Waals surface area contributed by atoms with Gasteiger partial charge in [-0.2, -0.15) is 0 Å². The highest BCUT2D eigenvalue weighted by molar-refractivity contribution is 5.41. The van der Waals surface area contributed by atoms with Crippen LogP contribution in [0.2, 0.25) is 0 Å². The molecule has 3 aromatic rings. The van der Waals surface area contributed by atoms with Crippen LogP contribution in [-0.2, 0) is 12.8 Å². The SMILES string of the molecule is Cc1cc(CCc2cc(C#CCN(C)C)c(F)c(F)c2F)nc(-n2c(C)ccc2C)c1. The van der Waals surface area contributed by atoms with E-state index in [0.717, 1.165) is 28.5 Å². The average molecular weight is 425 g/mol. The lowest BCUT2D eigenvalue weighted by Gasteiger charge is -2.12. The first kappa shape index (κ1) is 22.6. The molecule has 0 N–H and O–H groups in total. The number of hydrogen-bond donors (Lipinski definition) is 0. The zero-order valence-corrected chi connectivity index (χ0v) is 18.5. The number of aromatic nitrogens is 2. The van der Waals surface area contributed by atoms with E-state index in [1.165, 1.54) is 6.07 Å². The summed E-state index contributed by atoms with van der Waals surface area (Å²) >= 11 is 0.